The maximum atomic E-state index is 11.6. The Morgan fingerprint density at radius 3 is 3.00 bits per heavy atom. The van der Waals surface area contributed by atoms with Crippen molar-refractivity contribution in [3.8, 4) is 0 Å². The van der Waals surface area contributed by atoms with Gasteiger partial charge in [-0.2, -0.15) is 0 Å². The van der Waals surface area contributed by atoms with Gasteiger partial charge < -0.3 is 10.2 Å². The van der Waals surface area contributed by atoms with Crippen LogP contribution in [0.1, 0.15) is 5.56 Å². The zero-order valence-electron chi connectivity index (χ0n) is 9.95. The third-order valence-corrected chi connectivity index (χ3v) is 3.29. The molecule has 1 aliphatic heterocycles. The second-order valence-electron chi connectivity index (χ2n) is 4.21. The molecule has 0 spiro atoms. The first kappa shape index (κ1) is 12.9. The fourth-order valence-electron chi connectivity index (χ4n) is 1.94. The quantitative estimate of drug-likeness (QED) is 0.846. The molecule has 1 N–H and O–H groups in total. The number of nitrogens with zero attached hydrogens (tertiary/aromatic N) is 2. The third kappa shape index (κ3) is 3.00. The van der Waals surface area contributed by atoms with E-state index in [0.29, 0.717) is 23.8 Å². The fraction of sp³-hybridized carbons (Fsp3) is 0.385. The Kier molecular flexibility index (Phi) is 4.19. The molecule has 0 unspecified atom stereocenters. The van der Waals surface area contributed by atoms with Crippen molar-refractivity contribution in [1.29, 1.82) is 0 Å². The van der Waals surface area contributed by atoms with Crippen molar-refractivity contribution in [2.45, 2.75) is 6.42 Å². The molecule has 5 heteroatoms. The van der Waals surface area contributed by atoms with Crippen LogP contribution in [0.5, 0.6) is 0 Å². The van der Waals surface area contributed by atoms with Gasteiger partial charge in [0.2, 0.25) is 11.6 Å². The number of nitrogens with one attached hydrogen (secondary N) is 1. The summed E-state index contributed by atoms with van der Waals surface area (Å²) < 4.78 is 0. The van der Waals surface area contributed by atoms with Crippen LogP contribution in [-0.4, -0.2) is 37.0 Å². The van der Waals surface area contributed by atoms with Gasteiger partial charge in [-0.25, -0.2) is 4.85 Å². The van der Waals surface area contributed by atoms with Crippen LogP contribution in [0.15, 0.2) is 18.2 Å². The summed E-state index contributed by atoms with van der Waals surface area (Å²) in [6, 6.07) is 5.43. The van der Waals surface area contributed by atoms with Crippen molar-refractivity contribution in [3.63, 3.8) is 0 Å². The molecule has 1 aromatic rings. The van der Waals surface area contributed by atoms with E-state index in [1.807, 2.05) is 17.0 Å². The highest BCUT2D eigenvalue weighted by atomic mass is 35.5. The Labute approximate surface area is 111 Å². The molecular weight excluding hydrogens is 250 g/mol. The molecule has 2 rings (SSSR count). The number of hydrogen-bond donors (Lipinski definition) is 1. The molecule has 1 fully saturated rings. The summed E-state index contributed by atoms with van der Waals surface area (Å²) in [5.41, 5.74) is 1.53. The highest BCUT2D eigenvalue weighted by Crippen LogP contribution is 2.25. The van der Waals surface area contributed by atoms with E-state index in [1.165, 1.54) is 0 Å². The van der Waals surface area contributed by atoms with E-state index in [9.17, 15) is 4.79 Å². The summed E-state index contributed by atoms with van der Waals surface area (Å²) in [5, 5.41) is 3.52. The maximum absolute atomic E-state index is 11.6. The molecule has 0 bridgehead atoms. The predicted octanol–water partition coefficient (Wildman–Crippen LogP) is 1.87. The van der Waals surface area contributed by atoms with Gasteiger partial charge in [-0.15, -0.1) is 0 Å². The van der Waals surface area contributed by atoms with Crippen LogP contribution in [0, 0.1) is 6.57 Å². The second-order valence-corrected chi connectivity index (χ2v) is 4.61. The molecule has 18 heavy (non-hydrogen) atoms. The molecule has 4 nitrogen and oxygen atoms in total. The lowest BCUT2D eigenvalue weighted by Crippen LogP contribution is -2.48. The van der Waals surface area contributed by atoms with Gasteiger partial charge in [0.15, 0.2) is 0 Å². The Balaban J connectivity index is 1.96. The number of amides is 1. The van der Waals surface area contributed by atoms with Crippen LogP contribution in [0.3, 0.4) is 0 Å². The molecule has 0 saturated carbocycles. The minimum Gasteiger partial charge on any atom is -0.340 e. The van der Waals surface area contributed by atoms with Gasteiger partial charge in [-0.1, -0.05) is 29.8 Å². The molecule has 1 aromatic carbocycles. The Hall–Kier alpha value is -1.57. The lowest BCUT2D eigenvalue weighted by atomic mass is 10.1. The van der Waals surface area contributed by atoms with E-state index in [-0.39, 0.29) is 5.91 Å². The summed E-state index contributed by atoms with van der Waals surface area (Å²) in [5.74, 6) is 0.144. The van der Waals surface area contributed by atoms with Gasteiger partial charge in [0, 0.05) is 24.7 Å². The molecule has 0 aromatic heterocycles. The van der Waals surface area contributed by atoms with Crippen molar-refractivity contribution >= 4 is 23.2 Å². The van der Waals surface area contributed by atoms with Crippen LogP contribution < -0.4 is 5.32 Å². The molecule has 1 heterocycles. The van der Waals surface area contributed by atoms with E-state index < -0.39 is 0 Å². The predicted molar refractivity (Wildman–Crippen MR) is 70.9 cm³/mol. The van der Waals surface area contributed by atoms with Crippen molar-refractivity contribution < 1.29 is 4.79 Å². The number of piperazine rings is 1. The van der Waals surface area contributed by atoms with E-state index in [2.05, 4.69) is 10.2 Å². The Morgan fingerprint density at radius 1 is 1.50 bits per heavy atom. The maximum Gasteiger partial charge on any atom is 0.236 e. The van der Waals surface area contributed by atoms with Crippen molar-refractivity contribution in [2.75, 3.05) is 26.2 Å². The first-order valence-electron chi connectivity index (χ1n) is 5.85. The van der Waals surface area contributed by atoms with Gasteiger partial charge >= 0.3 is 0 Å². The molecule has 94 valence electrons. The lowest BCUT2D eigenvalue weighted by Gasteiger charge is -2.27. The third-order valence-electron chi connectivity index (χ3n) is 2.99. The monoisotopic (exact) mass is 263 g/mol. The molecule has 1 amide bonds. The number of carbonyl (C=O) groups excluding carboxylic acids is 1. The van der Waals surface area contributed by atoms with Gasteiger partial charge in [0.1, 0.15) is 0 Å². The summed E-state index contributed by atoms with van der Waals surface area (Å²) >= 11 is 5.98. The largest absolute Gasteiger partial charge is 0.340 e. The van der Waals surface area contributed by atoms with Gasteiger partial charge in [-0.3, -0.25) is 4.79 Å². The highest BCUT2D eigenvalue weighted by molar-refractivity contribution is 6.33. The van der Waals surface area contributed by atoms with E-state index in [1.54, 1.807) is 6.07 Å². The molecule has 0 radical (unpaired) electrons. The van der Waals surface area contributed by atoms with E-state index >= 15 is 0 Å². The highest BCUT2D eigenvalue weighted by Gasteiger charge is 2.16. The molecule has 1 saturated heterocycles. The normalized spacial score (nSPS) is 15.6. The Bertz CT molecular complexity index is 495. The summed E-state index contributed by atoms with van der Waals surface area (Å²) in [6.45, 7) is 9.66. The van der Waals surface area contributed by atoms with Crippen LogP contribution in [0.25, 0.3) is 4.85 Å². The first-order valence-corrected chi connectivity index (χ1v) is 6.23. The minimum atomic E-state index is 0.144. The molecular formula is C13H14ClN3O. The Morgan fingerprint density at radius 2 is 2.33 bits per heavy atom. The SMILES string of the molecule is [C-]#[N+]c1ccc(CCN2CCNCC2=O)cc1Cl. The average Bonchev–Trinajstić information content (AvgIpc) is 2.38. The van der Waals surface area contributed by atoms with E-state index in [4.69, 9.17) is 18.2 Å². The zero-order valence-corrected chi connectivity index (χ0v) is 10.7. The number of rotatable bonds is 3. The molecule has 0 atom stereocenters. The second kappa shape index (κ2) is 5.85. The van der Waals surface area contributed by atoms with Crippen LogP contribution in [0.2, 0.25) is 5.02 Å². The van der Waals surface area contributed by atoms with Gasteiger partial charge in [0.25, 0.3) is 0 Å². The smallest absolute Gasteiger partial charge is 0.236 e. The zero-order chi connectivity index (χ0) is 13.0. The van der Waals surface area contributed by atoms with Crippen LogP contribution >= 0.6 is 11.6 Å². The number of carbonyl (C=O) groups is 1. The van der Waals surface area contributed by atoms with Crippen molar-refractivity contribution in [3.05, 3.63) is 40.2 Å². The van der Waals surface area contributed by atoms with Gasteiger partial charge in [-0.05, 0) is 12.0 Å². The van der Waals surface area contributed by atoms with Crippen molar-refractivity contribution in [2.24, 2.45) is 0 Å². The first-order chi connectivity index (χ1) is 8.70. The topological polar surface area (TPSA) is 36.7 Å². The van der Waals surface area contributed by atoms with E-state index in [0.717, 1.165) is 25.1 Å². The van der Waals surface area contributed by atoms with Crippen molar-refractivity contribution in [1.82, 2.24) is 10.2 Å². The van der Waals surface area contributed by atoms with Gasteiger partial charge in [0.05, 0.1) is 13.1 Å². The number of benzene rings is 1. The average molecular weight is 264 g/mol. The summed E-state index contributed by atoms with van der Waals surface area (Å²) in [7, 11) is 0. The fourth-order valence-corrected chi connectivity index (χ4v) is 2.19. The van der Waals surface area contributed by atoms with Crippen LogP contribution in [-0.2, 0) is 11.2 Å². The number of hydrogen-bond acceptors (Lipinski definition) is 2. The summed E-state index contributed by atoms with van der Waals surface area (Å²) in [6.07, 6.45) is 0.768. The lowest BCUT2D eigenvalue weighted by molar-refractivity contribution is -0.131. The summed E-state index contributed by atoms with van der Waals surface area (Å²) in [4.78, 5) is 16.8. The van der Waals surface area contributed by atoms with Crippen LogP contribution in [0.4, 0.5) is 5.69 Å². The number of halogens is 1. The standard InChI is InChI=1S/C13H14ClN3O/c1-15-12-3-2-10(8-11(12)14)4-6-17-7-5-16-9-13(17)18/h2-3,8,16H,4-7,9H2. The molecule has 0 aliphatic carbocycles. The molecule has 1 aliphatic rings. The minimum absolute atomic E-state index is 0.144.